The van der Waals surface area contributed by atoms with Crippen molar-refractivity contribution in [1.29, 1.82) is 0 Å². The summed E-state index contributed by atoms with van der Waals surface area (Å²) in [6.45, 7) is 4.73. The van der Waals surface area contributed by atoms with E-state index in [4.69, 9.17) is 4.74 Å². The van der Waals surface area contributed by atoms with Crippen LogP contribution in [0, 0.1) is 6.92 Å². The molecule has 2 aromatic rings. The Morgan fingerprint density at radius 3 is 2.81 bits per heavy atom. The van der Waals surface area contributed by atoms with Crippen LogP contribution in [0.15, 0.2) is 41.0 Å². The fourth-order valence-electron chi connectivity index (χ4n) is 2.58. The average Bonchev–Trinajstić information content (AvgIpc) is 2.52. The molecule has 1 fully saturated rings. The normalized spacial score (nSPS) is 18.7. The van der Waals surface area contributed by atoms with E-state index in [1.807, 2.05) is 6.20 Å². The summed E-state index contributed by atoms with van der Waals surface area (Å²) in [5.74, 6) is 0. The van der Waals surface area contributed by atoms with Crippen molar-refractivity contribution < 1.29 is 4.74 Å². The van der Waals surface area contributed by atoms with Gasteiger partial charge in [0.2, 0.25) is 0 Å². The second-order valence-electron chi connectivity index (χ2n) is 5.40. The molecule has 1 aliphatic heterocycles. The zero-order valence-electron chi connectivity index (χ0n) is 12.1. The third-order valence-electron chi connectivity index (χ3n) is 3.80. The molecule has 1 aliphatic rings. The Labute approximate surface area is 133 Å². The van der Waals surface area contributed by atoms with E-state index < -0.39 is 0 Å². The quantitative estimate of drug-likeness (QED) is 0.924. The molecule has 1 aromatic carbocycles. The number of rotatable bonds is 3. The molecule has 0 aliphatic carbocycles. The molecule has 21 heavy (non-hydrogen) atoms. The van der Waals surface area contributed by atoms with Crippen LogP contribution in [-0.2, 0) is 11.2 Å². The lowest BCUT2D eigenvalue weighted by Gasteiger charge is -2.24. The monoisotopic (exact) mass is 346 g/mol. The van der Waals surface area contributed by atoms with Crippen molar-refractivity contribution in [3.8, 4) is 0 Å². The van der Waals surface area contributed by atoms with Gasteiger partial charge in [0.1, 0.15) is 0 Å². The summed E-state index contributed by atoms with van der Waals surface area (Å²) in [5, 5.41) is 3.36. The zero-order valence-corrected chi connectivity index (χ0v) is 13.7. The zero-order chi connectivity index (χ0) is 14.7. The summed E-state index contributed by atoms with van der Waals surface area (Å²) in [6, 6.07) is 10.8. The summed E-state index contributed by atoms with van der Waals surface area (Å²) in [5.41, 5.74) is 4.86. The molecule has 1 N–H and O–H groups in total. The van der Waals surface area contributed by atoms with Crippen LogP contribution in [0.25, 0.3) is 0 Å². The molecule has 1 aromatic heterocycles. The lowest BCUT2D eigenvalue weighted by Crippen LogP contribution is -2.33. The second kappa shape index (κ2) is 6.69. The Balaban J connectivity index is 1.71. The van der Waals surface area contributed by atoms with E-state index in [9.17, 15) is 0 Å². The highest BCUT2D eigenvalue weighted by atomic mass is 79.9. The molecule has 0 spiro atoms. The lowest BCUT2D eigenvalue weighted by molar-refractivity contribution is 0.0277. The minimum absolute atomic E-state index is 0.181. The first-order valence-electron chi connectivity index (χ1n) is 7.24. The summed E-state index contributed by atoms with van der Waals surface area (Å²) in [4.78, 5) is 4.50. The largest absolute Gasteiger partial charge is 0.371 e. The van der Waals surface area contributed by atoms with E-state index >= 15 is 0 Å². The molecule has 2 heterocycles. The number of halogens is 1. The molecule has 0 bridgehead atoms. The van der Waals surface area contributed by atoms with Gasteiger partial charge in [-0.15, -0.1) is 0 Å². The van der Waals surface area contributed by atoms with Gasteiger partial charge in [-0.2, -0.15) is 0 Å². The van der Waals surface area contributed by atoms with Gasteiger partial charge in [-0.3, -0.25) is 4.98 Å². The third kappa shape index (κ3) is 3.70. The molecular formula is C17H19BrN2O. The van der Waals surface area contributed by atoms with Gasteiger partial charge < -0.3 is 10.1 Å². The summed E-state index contributed by atoms with van der Waals surface area (Å²) in [6.07, 6.45) is 2.90. The predicted molar refractivity (Wildman–Crippen MR) is 87.5 cm³/mol. The topological polar surface area (TPSA) is 34.2 Å². The molecule has 0 saturated carbocycles. The molecule has 3 nitrogen and oxygen atoms in total. The van der Waals surface area contributed by atoms with E-state index in [0.29, 0.717) is 0 Å². The van der Waals surface area contributed by atoms with Crippen molar-refractivity contribution in [2.24, 2.45) is 0 Å². The molecule has 0 amide bonds. The smallest absolute Gasteiger partial charge is 0.0949 e. The van der Waals surface area contributed by atoms with Crippen molar-refractivity contribution in [1.82, 2.24) is 10.3 Å². The number of pyridine rings is 1. The molecular weight excluding hydrogens is 328 g/mol. The number of aromatic nitrogens is 1. The van der Waals surface area contributed by atoms with Crippen LogP contribution in [0.3, 0.4) is 0 Å². The molecule has 1 atom stereocenters. The van der Waals surface area contributed by atoms with Crippen LogP contribution >= 0.6 is 15.9 Å². The third-order valence-corrected chi connectivity index (χ3v) is 4.24. The first-order valence-corrected chi connectivity index (χ1v) is 8.04. The van der Waals surface area contributed by atoms with E-state index in [2.05, 4.69) is 63.5 Å². The number of nitrogens with zero attached hydrogens (tertiary/aromatic N) is 1. The van der Waals surface area contributed by atoms with Crippen LogP contribution in [0.2, 0.25) is 0 Å². The average molecular weight is 347 g/mol. The van der Waals surface area contributed by atoms with E-state index in [-0.39, 0.29) is 6.10 Å². The Morgan fingerprint density at radius 2 is 2.14 bits per heavy atom. The van der Waals surface area contributed by atoms with Gasteiger partial charge in [0, 0.05) is 35.9 Å². The number of benzene rings is 1. The Kier molecular flexibility index (Phi) is 4.68. The summed E-state index contributed by atoms with van der Waals surface area (Å²) in [7, 11) is 0. The number of morpholine rings is 1. The Morgan fingerprint density at radius 1 is 1.33 bits per heavy atom. The number of hydrogen-bond donors (Lipinski definition) is 1. The van der Waals surface area contributed by atoms with E-state index in [0.717, 1.165) is 36.3 Å². The number of hydrogen-bond acceptors (Lipinski definition) is 3. The SMILES string of the molecule is Cc1cc(Br)cnc1Cc1ccc([C@H]2CNCCO2)cc1. The van der Waals surface area contributed by atoms with Gasteiger partial charge in [0.15, 0.2) is 0 Å². The minimum atomic E-state index is 0.181. The Hall–Kier alpha value is -1.23. The van der Waals surface area contributed by atoms with Crippen LogP contribution in [0.1, 0.15) is 28.5 Å². The van der Waals surface area contributed by atoms with Crippen LogP contribution in [-0.4, -0.2) is 24.7 Å². The molecule has 0 unspecified atom stereocenters. The summed E-state index contributed by atoms with van der Waals surface area (Å²) >= 11 is 3.45. The molecule has 1 saturated heterocycles. The first kappa shape index (κ1) is 14.7. The standard InChI is InChI=1S/C17H19BrN2O/c1-12-8-15(18)10-20-16(12)9-13-2-4-14(5-3-13)17-11-19-6-7-21-17/h2-5,8,10,17,19H,6-7,9,11H2,1H3/t17-/m1/s1. The highest BCUT2D eigenvalue weighted by Gasteiger charge is 2.15. The fourth-order valence-corrected chi connectivity index (χ4v) is 3.02. The highest BCUT2D eigenvalue weighted by molar-refractivity contribution is 9.10. The summed E-state index contributed by atoms with van der Waals surface area (Å²) < 4.78 is 6.80. The van der Waals surface area contributed by atoms with Gasteiger partial charge in [0.05, 0.1) is 12.7 Å². The maximum atomic E-state index is 5.77. The highest BCUT2D eigenvalue weighted by Crippen LogP contribution is 2.21. The maximum Gasteiger partial charge on any atom is 0.0949 e. The van der Waals surface area contributed by atoms with Crippen molar-refractivity contribution in [3.63, 3.8) is 0 Å². The van der Waals surface area contributed by atoms with E-state index in [1.54, 1.807) is 0 Å². The number of ether oxygens (including phenoxy) is 1. The van der Waals surface area contributed by atoms with Crippen molar-refractivity contribution >= 4 is 15.9 Å². The van der Waals surface area contributed by atoms with Gasteiger partial charge in [-0.1, -0.05) is 24.3 Å². The molecule has 3 rings (SSSR count). The first-order chi connectivity index (χ1) is 10.2. The van der Waals surface area contributed by atoms with Crippen LogP contribution < -0.4 is 5.32 Å². The lowest BCUT2D eigenvalue weighted by atomic mass is 10.0. The molecule has 0 radical (unpaired) electrons. The fraction of sp³-hybridized carbons (Fsp3) is 0.353. The van der Waals surface area contributed by atoms with Gasteiger partial charge >= 0.3 is 0 Å². The van der Waals surface area contributed by atoms with Crippen LogP contribution in [0.4, 0.5) is 0 Å². The van der Waals surface area contributed by atoms with Gasteiger partial charge in [-0.25, -0.2) is 0 Å². The van der Waals surface area contributed by atoms with Crippen molar-refractivity contribution in [2.75, 3.05) is 19.7 Å². The second-order valence-corrected chi connectivity index (χ2v) is 6.31. The number of nitrogens with one attached hydrogen (secondary N) is 1. The Bertz CT molecular complexity index is 607. The van der Waals surface area contributed by atoms with Gasteiger partial charge in [0.25, 0.3) is 0 Å². The number of aryl methyl sites for hydroxylation is 1. The predicted octanol–water partition coefficient (Wildman–Crippen LogP) is 3.40. The maximum absolute atomic E-state index is 5.77. The van der Waals surface area contributed by atoms with E-state index in [1.165, 1.54) is 16.7 Å². The van der Waals surface area contributed by atoms with Gasteiger partial charge in [-0.05, 0) is 45.6 Å². The molecule has 4 heteroatoms. The minimum Gasteiger partial charge on any atom is -0.371 e. The van der Waals surface area contributed by atoms with Crippen molar-refractivity contribution in [2.45, 2.75) is 19.4 Å². The molecule has 110 valence electrons. The van der Waals surface area contributed by atoms with Crippen LogP contribution in [0.5, 0.6) is 0 Å². The van der Waals surface area contributed by atoms with Crippen molar-refractivity contribution in [3.05, 3.63) is 63.4 Å².